The van der Waals surface area contributed by atoms with Gasteiger partial charge in [0.1, 0.15) is 0 Å². The van der Waals surface area contributed by atoms with Gasteiger partial charge < -0.3 is 16.0 Å². The van der Waals surface area contributed by atoms with Crippen molar-refractivity contribution in [1.82, 2.24) is 10.6 Å². The number of amides is 2. The van der Waals surface area contributed by atoms with Crippen LogP contribution in [0.2, 0.25) is 10.0 Å². The lowest BCUT2D eigenvalue weighted by molar-refractivity contribution is -0.120. The fourth-order valence-corrected chi connectivity index (χ4v) is 2.56. The Balaban J connectivity index is 1.95. The van der Waals surface area contributed by atoms with Crippen LogP contribution in [-0.2, 0) is 4.79 Å². The summed E-state index contributed by atoms with van der Waals surface area (Å²) in [5, 5.41) is 9.47. The molecule has 0 aliphatic carbocycles. The van der Waals surface area contributed by atoms with Gasteiger partial charge in [0, 0.05) is 17.6 Å². The standard InChI is InChI=1S/C18H19Cl2N3O2/c1-11(12-3-6-14(19)7-4-12)23-17(24)10-22-16-9-13(18(25)21-2)5-8-15(16)20/h3-9,11,22H,10H2,1-2H3,(H,21,25)(H,23,24). The van der Waals surface area contributed by atoms with Gasteiger partial charge in [0.05, 0.1) is 23.3 Å². The van der Waals surface area contributed by atoms with Crippen LogP contribution in [0.15, 0.2) is 42.5 Å². The van der Waals surface area contributed by atoms with E-state index in [-0.39, 0.29) is 24.4 Å². The lowest BCUT2D eigenvalue weighted by Gasteiger charge is -2.15. The van der Waals surface area contributed by atoms with Crippen molar-refractivity contribution < 1.29 is 9.59 Å². The van der Waals surface area contributed by atoms with Crippen LogP contribution in [-0.4, -0.2) is 25.4 Å². The summed E-state index contributed by atoms with van der Waals surface area (Å²) in [4.78, 5) is 23.8. The summed E-state index contributed by atoms with van der Waals surface area (Å²) < 4.78 is 0. The van der Waals surface area contributed by atoms with Crippen molar-refractivity contribution in [2.24, 2.45) is 0 Å². The lowest BCUT2D eigenvalue weighted by atomic mass is 10.1. The molecule has 3 N–H and O–H groups in total. The van der Waals surface area contributed by atoms with Crippen molar-refractivity contribution in [3.8, 4) is 0 Å². The maximum Gasteiger partial charge on any atom is 0.251 e. The minimum absolute atomic E-state index is 0.0366. The Morgan fingerprint density at radius 3 is 2.40 bits per heavy atom. The second-order valence-electron chi connectivity index (χ2n) is 5.47. The highest BCUT2D eigenvalue weighted by Gasteiger charge is 2.11. The van der Waals surface area contributed by atoms with Crippen molar-refractivity contribution in [1.29, 1.82) is 0 Å². The van der Waals surface area contributed by atoms with Crippen LogP contribution in [0.3, 0.4) is 0 Å². The number of carbonyl (C=O) groups is 2. The van der Waals surface area contributed by atoms with Crippen LogP contribution in [0.1, 0.15) is 28.9 Å². The highest BCUT2D eigenvalue weighted by molar-refractivity contribution is 6.33. The summed E-state index contributed by atoms with van der Waals surface area (Å²) in [6.45, 7) is 1.93. The van der Waals surface area contributed by atoms with Gasteiger partial charge in [-0.05, 0) is 42.8 Å². The van der Waals surface area contributed by atoms with E-state index in [9.17, 15) is 9.59 Å². The molecule has 0 aliphatic heterocycles. The highest BCUT2D eigenvalue weighted by Crippen LogP contribution is 2.23. The van der Waals surface area contributed by atoms with Crippen LogP contribution < -0.4 is 16.0 Å². The molecule has 0 heterocycles. The molecule has 7 heteroatoms. The van der Waals surface area contributed by atoms with Crippen LogP contribution >= 0.6 is 23.2 Å². The summed E-state index contributed by atoms with van der Waals surface area (Å²) in [5.41, 5.74) is 1.94. The molecule has 0 saturated heterocycles. The molecule has 2 aromatic carbocycles. The van der Waals surface area contributed by atoms with Crippen LogP contribution in [0.4, 0.5) is 5.69 Å². The Hall–Kier alpha value is -2.24. The van der Waals surface area contributed by atoms with E-state index < -0.39 is 0 Å². The molecule has 5 nitrogen and oxygen atoms in total. The topological polar surface area (TPSA) is 70.2 Å². The van der Waals surface area contributed by atoms with Gasteiger partial charge in [0.2, 0.25) is 5.91 Å². The molecule has 0 fully saturated rings. The molecule has 0 aromatic heterocycles. The minimum atomic E-state index is -0.222. The summed E-state index contributed by atoms with van der Waals surface area (Å²) in [6.07, 6.45) is 0. The Labute approximate surface area is 156 Å². The van der Waals surface area contributed by atoms with E-state index in [0.717, 1.165) is 5.56 Å². The van der Waals surface area contributed by atoms with Gasteiger partial charge >= 0.3 is 0 Å². The lowest BCUT2D eigenvalue weighted by Crippen LogP contribution is -2.32. The number of carbonyl (C=O) groups excluding carboxylic acids is 2. The van der Waals surface area contributed by atoms with Crippen molar-refractivity contribution >= 4 is 40.7 Å². The predicted octanol–water partition coefficient (Wildman–Crippen LogP) is 3.64. The smallest absolute Gasteiger partial charge is 0.251 e. The molecule has 132 valence electrons. The zero-order valence-electron chi connectivity index (χ0n) is 13.9. The number of halogens is 2. The average Bonchev–Trinajstić information content (AvgIpc) is 2.60. The first-order valence-corrected chi connectivity index (χ1v) is 8.46. The molecule has 25 heavy (non-hydrogen) atoms. The van der Waals surface area contributed by atoms with Crippen molar-refractivity contribution in [3.05, 3.63) is 63.6 Å². The monoisotopic (exact) mass is 379 g/mol. The summed E-state index contributed by atoms with van der Waals surface area (Å²) in [6, 6.07) is 12.0. The predicted molar refractivity (Wildman–Crippen MR) is 101 cm³/mol. The van der Waals surface area contributed by atoms with E-state index >= 15 is 0 Å². The number of rotatable bonds is 6. The third-order valence-corrected chi connectivity index (χ3v) is 4.22. The first-order valence-electron chi connectivity index (χ1n) is 7.71. The van der Waals surface area contributed by atoms with Crippen molar-refractivity contribution in [2.45, 2.75) is 13.0 Å². The molecule has 0 spiro atoms. The fraction of sp³-hybridized carbons (Fsp3) is 0.222. The van der Waals surface area contributed by atoms with E-state index in [2.05, 4.69) is 16.0 Å². The summed E-state index contributed by atoms with van der Waals surface area (Å²) in [5.74, 6) is -0.413. The van der Waals surface area contributed by atoms with Crippen molar-refractivity contribution in [2.75, 3.05) is 18.9 Å². The van der Waals surface area contributed by atoms with Gasteiger partial charge in [-0.2, -0.15) is 0 Å². The van der Waals surface area contributed by atoms with Gasteiger partial charge in [-0.3, -0.25) is 9.59 Å². The summed E-state index contributed by atoms with van der Waals surface area (Å²) in [7, 11) is 1.55. The van der Waals surface area contributed by atoms with Crippen LogP contribution in [0, 0.1) is 0 Å². The average molecular weight is 380 g/mol. The number of hydrogen-bond acceptors (Lipinski definition) is 3. The van der Waals surface area contributed by atoms with Crippen molar-refractivity contribution in [3.63, 3.8) is 0 Å². The second-order valence-corrected chi connectivity index (χ2v) is 6.31. The molecule has 0 aliphatic rings. The highest BCUT2D eigenvalue weighted by atomic mass is 35.5. The normalized spacial score (nSPS) is 11.5. The molecule has 2 aromatic rings. The molecule has 2 rings (SSSR count). The van der Waals surface area contributed by atoms with E-state index in [0.29, 0.717) is 21.3 Å². The Morgan fingerprint density at radius 1 is 1.08 bits per heavy atom. The Morgan fingerprint density at radius 2 is 1.76 bits per heavy atom. The van der Waals surface area contributed by atoms with Gasteiger partial charge in [-0.25, -0.2) is 0 Å². The molecule has 0 bridgehead atoms. The molecule has 0 radical (unpaired) electrons. The Kier molecular flexibility index (Phi) is 6.67. The maximum atomic E-state index is 12.1. The molecular formula is C18H19Cl2N3O2. The SMILES string of the molecule is CNC(=O)c1ccc(Cl)c(NCC(=O)NC(C)c2ccc(Cl)cc2)c1. The van der Waals surface area contributed by atoms with E-state index in [4.69, 9.17) is 23.2 Å². The summed E-state index contributed by atoms with van der Waals surface area (Å²) >= 11 is 12.0. The number of nitrogens with one attached hydrogen (secondary N) is 3. The number of anilines is 1. The molecular weight excluding hydrogens is 361 g/mol. The first-order chi connectivity index (χ1) is 11.9. The number of benzene rings is 2. The number of hydrogen-bond donors (Lipinski definition) is 3. The zero-order chi connectivity index (χ0) is 18.4. The second kappa shape index (κ2) is 8.74. The molecule has 1 unspecified atom stereocenters. The zero-order valence-corrected chi connectivity index (χ0v) is 15.4. The third kappa shape index (κ3) is 5.37. The first kappa shape index (κ1) is 19.1. The fourth-order valence-electron chi connectivity index (χ4n) is 2.25. The Bertz CT molecular complexity index is 763. The maximum absolute atomic E-state index is 12.1. The van der Waals surface area contributed by atoms with E-state index in [1.807, 2.05) is 19.1 Å². The quantitative estimate of drug-likeness (QED) is 0.717. The van der Waals surface area contributed by atoms with Crippen LogP contribution in [0.5, 0.6) is 0 Å². The molecule has 2 amide bonds. The third-order valence-electron chi connectivity index (χ3n) is 3.64. The molecule has 1 atom stereocenters. The van der Waals surface area contributed by atoms with Crippen LogP contribution in [0.25, 0.3) is 0 Å². The van der Waals surface area contributed by atoms with E-state index in [1.165, 1.54) is 0 Å². The van der Waals surface area contributed by atoms with Gasteiger partial charge in [0.15, 0.2) is 0 Å². The molecule has 0 saturated carbocycles. The van der Waals surface area contributed by atoms with Gasteiger partial charge in [0.25, 0.3) is 5.91 Å². The minimum Gasteiger partial charge on any atom is -0.375 e. The van der Waals surface area contributed by atoms with E-state index in [1.54, 1.807) is 37.4 Å². The largest absolute Gasteiger partial charge is 0.375 e. The van der Waals surface area contributed by atoms with Gasteiger partial charge in [-0.1, -0.05) is 35.3 Å². The van der Waals surface area contributed by atoms with Gasteiger partial charge in [-0.15, -0.1) is 0 Å².